The van der Waals surface area contributed by atoms with Crippen molar-refractivity contribution < 1.29 is 9.21 Å². The molecule has 1 aromatic carbocycles. The summed E-state index contributed by atoms with van der Waals surface area (Å²) in [5.41, 5.74) is 3.16. The van der Waals surface area contributed by atoms with Crippen LogP contribution in [0.2, 0.25) is 0 Å². The van der Waals surface area contributed by atoms with Gasteiger partial charge in [-0.3, -0.25) is 4.79 Å². The number of hydrogen-bond acceptors (Lipinski definition) is 2. The van der Waals surface area contributed by atoms with Crippen LogP contribution in [0.5, 0.6) is 0 Å². The fourth-order valence-electron chi connectivity index (χ4n) is 2.80. The second kappa shape index (κ2) is 5.24. The van der Waals surface area contributed by atoms with Crippen molar-refractivity contribution in [2.45, 2.75) is 32.7 Å². The maximum Gasteiger partial charge on any atom is 0.248 e. The highest BCUT2D eigenvalue weighted by molar-refractivity contribution is 6.01. The normalized spacial score (nSPS) is 18.0. The number of carbonyl (C=O) groups excluding carboxylic acids is 1. The molecule has 1 aliphatic carbocycles. The molecule has 3 rings (SSSR count). The summed E-state index contributed by atoms with van der Waals surface area (Å²) in [7, 11) is 0. The van der Waals surface area contributed by atoms with E-state index in [9.17, 15) is 4.79 Å². The van der Waals surface area contributed by atoms with Gasteiger partial charge in [0.15, 0.2) is 0 Å². The van der Waals surface area contributed by atoms with Crippen LogP contribution in [-0.4, -0.2) is 5.91 Å². The van der Waals surface area contributed by atoms with Gasteiger partial charge in [0.25, 0.3) is 0 Å². The van der Waals surface area contributed by atoms with E-state index in [1.165, 1.54) is 5.56 Å². The number of carbonyl (C=O) groups is 1. The number of hydrogen-bond donors (Lipinski definition) is 1. The quantitative estimate of drug-likeness (QED) is 0.925. The zero-order valence-electron chi connectivity index (χ0n) is 12.5. The summed E-state index contributed by atoms with van der Waals surface area (Å²) < 4.78 is 5.56. The van der Waals surface area contributed by atoms with E-state index in [0.717, 1.165) is 22.7 Å². The summed E-state index contributed by atoms with van der Waals surface area (Å²) in [4.78, 5) is 12.5. The summed E-state index contributed by atoms with van der Waals surface area (Å²) in [5.74, 6) is 1.74. The highest BCUT2D eigenvalue weighted by Crippen LogP contribution is 2.35. The Morgan fingerprint density at radius 2 is 2.00 bits per heavy atom. The first-order valence-electron chi connectivity index (χ1n) is 7.24. The number of amides is 1. The first-order chi connectivity index (χ1) is 10.1. The molecule has 0 bridgehead atoms. The fraction of sp³-hybridized carbons (Fsp3) is 0.278. The number of aryl methyl sites for hydroxylation is 1. The molecule has 21 heavy (non-hydrogen) atoms. The average molecular weight is 281 g/mol. The van der Waals surface area contributed by atoms with Gasteiger partial charge in [0, 0.05) is 11.5 Å². The first kappa shape index (κ1) is 13.7. The van der Waals surface area contributed by atoms with E-state index in [4.69, 9.17) is 4.42 Å². The predicted molar refractivity (Wildman–Crippen MR) is 82.8 cm³/mol. The molecule has 0 fully saturated rings. The fourth-order valence-corrected chi connectivity index (χ4v) is 2.80. The molecule has 1 amide bonds. The Balaban J connectivity index is 1.75. The molecule has 0 radical (unpaired) electrons. The van der Waals surface area contributed by atoms with Crippen molar-refractivity contribution in [3.05, 3.63) is 64.6 Å². The predicted octanol–water partition coefficient (Wildman–Crippen LogP) is 3.97. The molecule has 2 atom stereocenters. The molecule has 2 aromatic rings. The Morgan fingerprint density at radius 1 is 1.24 bits per heavy atom. The number of rotatable bonds is 3. The molecule has 1 aliphatic rings. The van der Waals surface area contributed by atoms with E-state index in [1.807, 2.05) is 50.3 Å². The lowest BCUT2D eigenvalue weighted by Crippen LogP contribution is -2.28. The molecule has 0 unspecified atom stereocenters. The van der Waals surface area contributed by atoms with E-state index < -0.39 is 0 Å². The maximum absolute atomic E-state index is 12.5. The number of fused-ring (bicyclic) bond motifs is 1. The molecule has 1 aromatic heterocycles. The Labute approximate surface area is 124 Å². The van der Waals surface area contributed by atoms with Crippen molar-refractivity contribution in [1.29, 1.82) is 0 Å². The zero-order valence-corrected chi connectivity index (χ0v) is 12.5. The minimum atomic E-state index is -0.136. The summed E-state index contributed by atoms with van der Waals surface area (Å²) >= 11 is 0. The van der Waals surface area contributed by atoms with Crippen molar-refractivity contribution in [1.82, 2.24) is 5.32 Å². The van der Waals surface area contributed by atoms with E-state index in [-0.39, 0.29) is 17.9 Å². The Kier molecular flexibility index (Phi) is 3.42. The summed E-state index contributed by atoms with van der Waals surface area (Å²) in [6, 6.07) is 11.8. The van der Waals surface area contributed by atoms with Crippen molar-refractivity contribution >= 4 is 12.0 Å². The second-order valence-electron chi connectivity index (χ2n) is 5.59. The highest BCUT2D eigenvalue weighted by Gasteiger charge is 2.27. The summed E-state index contributed by atoms with van der Waals surface area (Å²) in [6.07, 6.45) is 1.98. The van der Waals surface area contributed by atoms with Gasteiger partial charge in [0.1, 0.15) is 11.5 Å². The molecule has 1 N–H and O–H groups in total. The van der Waals surface area contributed by atoms with Gasteiger partial charge in [-0.2, -0.15) is 0 Å². The first-order valence-corrected chi connectivity index (χ1v) is 7.24. The maximum atomic E-state index is 12.5. The van der Waals surface area contributed by atoms with Gasteiger partial charge < -0.3 is 9.73 Å². The number of nitrogens with one attached hydrogen (secondary N) is 1. The summed E-state index contributed by atoms with van der Waals surface area (Å²) in [6.45, 7) is 5.90. The molecule has 3 nitrogen and oxygen atoms in total. The van der Waals surface area contributed by atoms with Crippen LogP contribution in [0.25, 0.3) is 6.08 Å². The lowest BCUT2D eigenvalue weighted by atomic mass is 9.97. The van der Waals surface area contributed by atoms with Gasteiger partial charge in [-0.25, -0.2) is 0 Å². The van der Waals surface area contributed by atoms with Crippen LogP contribution in [0.4, 0.5) is 0 Å². The van der Waals surface area contributed by atoms with Crippen molar-refractivity contribution in [3.8, 4) is 0 Å². The van der Waals surface area contributed by atoms with Crippen LogP contribution in [0, 0.1) is 6.92 Å². The third-order valence-electron chi connectivity index (χ3n) is 4.04. The molecule has 3 heteroatoms. The minimum absolute atomic E-state index is 0.0275. The van der Waals surface area contributed by atoms with Crippen molar-refractivity contribution in [3.63, 3.8) is 0 Å². The van der Waals surface area contributed by atoms with Gasteiger partial charge >= 0.3 is 0 Å². The Morgan fingerprint density at radius 3 is 2.67 bits per heavy atom. The lowest BCUT2D eigenvalue weighted by Gasteiger charge is -2.15. The minimum Gasteiger partial charge on any atom is -0.464 e. The Hall–Kier alpha value is -2.29. The van der Waals surface area contributed by atoms with Crippen LogP contribution in [0.15, 0.2) is 46.4 Å². The number of furan rings is 1. The monoisotopic (exact) mass is 281 g/mol. The van der Waals surface area contributed by atoms with E-state index >= 15 is 0 Å². The van der Waals surface area contributed by atoms with Crippen LogP contribution < -0.4 is 5.32 Å². The lowest BCUT2D eigenvalue weighted by molar-refractivity contribution is -0.118. The molecule has 0 saturated carbocycles. The molecular formula is C18H19NO2. The standard InChI is InChI=1S/C18H19NO2/c1-11-8-9-17(21-11)13(3)19-18(20)16-10-14-6-4-5-7-15(14)12(16)2/h4-10,12-13H,1-3H3,(H,19,20)/t12-,13-/m0/s1. The molecule has 0 saturated heterocycles. The Bertz CT molecular complexity index is 712. The van der Waals surface area contributed by atoms with Gasteiger partial charge in [-0.15, -0.1) is 0 Å². The van der Waals surface area contributed by atoms with Gasteiger partial charge in [0.2, 0.25) is 5.91 Å². The van der Waals surface area contributed by atoms with Crippen LogP contribution >= 0.6 is 0 Å². The third kappa shape index (κ3) is 2.51. The summed E-state index contributed by atoms with van der Waals surface area (Å²) in [5, 5.41) is 3.02. The molecule has 1 heterocycles. The third-order valence-corrected chi connectivity index (χ3v) is 4.04. The zero-order chi connectivity index (χ0) is 15.0. The topological polar surface area (TPSA) is 42.2 Å². The second-order valence-corrected chi connectivity index (χ2v) is 5.59. The molecule has 0 aliphatic heterocycles. The molecule has 108 valence electrons. The SMILES string of the molecule is Cc1ccc([C@H](C)NC(=O)C2=Cc3ccccc3[C@@H]2C)o1. The van der Waals surface area contributed by atoms with Gasteiger partial charge in [-0.05, 0) is 43.2 Å². The largest absolute Gasteiger partial charge is 0.464 e. The van der Waals surface area contributed by atoms with Crippen LogP contribution in [0.1, 0.15) is 48.5 Å². The average Bonchev–Trinajstić information content (AvgIpc) is 3.04. The number of benzene rings is 1. The van der Waals surface area contributed by atoms with Gasteiger partial charge in [-0.1, -0.05) is 31.2 Å². The van der Waals surface area contributed by atoms with Crippen LogP contribution in [-0.2, 0) is 4.79 Å². The highest BCUT2D eigenvalue weighted by atomic mass is 16.3. The van der Waals surface area contributed by atoms with E-state index in [2.05, 4.69) is 18.3 Å². The molecular weight excluding hydrogens is 262 g/mol. The van der Waals surface area contributed by atoms with Gasteiger partial charge in [0.05, 0.1) is 6.04 Å². The van der Waals surface area contributed by atoms with E-state index in [1.54, 1.807) is 0 Å². The smallest absolute Gasteiger partial charge is 0.248 e. The molecule has 0 spiro atoms. The van der Waals surface area contributed by atoms with Crippen molar-refractivity contribution in [2.75, 3.05) is 0 Å². The van der Waals surface area contributed by atoms with E-state index in [0.29, 0.717) is 0 Å². The van der Waals surface area contributed by atoms with Crippen molar-refractivity contribution in [2.24, 2.45) is 0 Å². The van der Waals surface area contributed by atoms with Crippen LogP contribution in [0.3, 0.4) is 0 Å².